The summed E-state index contributed by atoms with van der Waals surface area (Å²) in [6, 6.07) is 18.2. The summed E-state index contributed by atoms with van der Waals surface area (Å²) in [6.07, 6.45) is 5.23. The van der Waals surface area contributed by atoms with Gasteiger partial charge in [0.05, 0.1) is 6.20 Å². The molecular formula is C18H12N2O. The summed E-state index contributed by atoms with van der Waals surface area (Å²) in [5.41, 5.74) is 0. The minimum absolute atomic E-state index is 0.576. The Balaban J connectivity index is 1.86. The normalized spacial score (nSPS) is 10.9. The van der Waals surface area contributed by atoms with Crippen molar-refractivity contribution in [1.29, 1.82) is 0 Å². The first-order chi connectivity index (χ1) is 10.4. The fraction of sp³-hybridized carbons (Fsp3) is 0. The molecular weight excluding hydrogens is 260 g/mol. The second-order valence-corrected chi connectivity index (χ2v) is 4.82. The van der Waals surface area contributed by atoms with Crippen molar-refractivity contribution in [3.8, 4) is 11.6 Å². The lowest BCUT2D eigenvalue weighted by molar-refractivity contribution is 0.462. The van der Waals surface area contributed by atoms with Gasteiger partial charge in [-0.1, -0.05) is 36.4 Å². The van der Waals surface area contributed by atoms with Gasteiger partial charge in [0.15, 0.2) is 0 Å². The summed E-state index contributed by atoms with van der Waals surface area (Å²) in [5.74, 6) is 1.26. The number of rotatable bonds is 2. The highest BCUT2D eigenvalue weighted by atomic mass is 16.5. The van der Waals surface area contributed by atoms with E-state index in [1.165, 1.54) is 10.8 Å². The lowest BCUT2D eigenvalue weighted by Crippen LogP contribution is -1.89. The van der Waals surface area contributed by atoms with E-state index >= 15 is 0 Å². The first kappa shape index (κ1) is 11.9. The van der Waals surface area contributed by atoms with Crippen molar-refractivity contribution < 1.29 is 4.74 Å². The molecule has 0 fully saturated rings. The molecule has 0 amide bonds. The molecule has 4 aromatic rings. The number of fused-ring (bicyclic) bond motifs is 3. The van der Waals surface area contributed by atoms with Crippen LogP contribution < -0.4 is 4.74 Å². The number of hydrogen-bond acceptors (Lipinski definition) is 3. The molecule has 0 aliphatic heterocycles. The van der Waals surface area contributed by atoms with Gasteiger partial charge in [0, 0.05) is 23.8 Å². The number of benzene rings is 2. The summed E-state index contributed by atoms with van der Waals surface area (Å²) in [6.45, 7) is 0. The molecule has 3 nitrogen and oxygen atoms in total. The predicted octanol–water partition coefficient (Wildman–Crippen LogP) is 4.58. The van der Waals surface area contributed by atoms with E-state index in [0.717, 1.165) is 10.8 Å². The molecule has 3 heteroatoms. The zero-order chi connectivity index (χ0) is 14.1. The number of ether oxygens (including phenoxy) is 1. The minimum Gasteiger partial charge on any atom is -0.437 e. The molecule has 21 heavy (non-hydrogen) atoms. The van der Waals surface area contributed by atoms with E-state index in [0.29, 0.717) is 11.6 Å². The lowest BCUT2D eigenvalue weighted by atomic mass is 10.0. The second-order valence-electron chi connectivity index (χ2n) is 4.82. The summed E-state index contributed by atoms with van der Waals surface area (Å²) in [7, 11) is 0. The Bertz CT molecular complexity index is 920. The van der Waals surface area contributed by atoms with Crippen molar-refractivity contribution in [2.45, 2.75) is 0 Å². The molecule has 0 saturated heterocycles. The zero-order valence-electron chi connectivity index (χ0n) is 11.2. The summed E-state index contributed by atoms with van der Waals surface area (Å²) < 4.78 is 5.76. The Morgan fingerprint density at radius 3 is 2.57 bits per heavy atom. The number of pyridine rings is 2. The topological polar surface area (TPSA) is 35.0 Å². The molecule has 0 saturated carbocycles. The smallest absolute Gasteiger partial charge is 0.219 e. The van der Waals surface area contributed by atoms with Gasteiger partial charge in [-0.3, -0.25) is 4.98 Å². The van der Waals surface area contributed by atoms with E-state index in [2.05, 4.69) is 34.2 Å². The van der Waals surface area contributed by atoms with Crippen molar-refractivity contribution >= 4 is 21.5 Å². The average molecular weight is 272 g/mol. The van der Waals surface area contributed by atoms with Crippen LogP contribution in [0.1, 0.15) is 0 Å². The Morgan fingerprint density at radius 1 is 0.762 bits per heavy atom. The third-order valence-electron chi connectivity index (χ3n) is 3.46. The molecule has 2 aromatic carbocycles. The Labute approximate surface area is 121 Å². The fourth-order valence-corrected chi connectivity index (χ4v) is 2.46. The van der Waals surface area contributed by atoms with E-state index < -0.39 is 0 Å². The van der Waals surface area contributed by atoms with E-state index in [1.54, 1.807) is 12.4 Å². The minimum atomic E-state index is 0.576. The number of hydrogen-bond donors (Lipinski definition) is 0. The van der Waals surface area contributed by atoms with Crippen molar-refractivity contribution in [3.05, 3.63) is 73.2 Å². The maximum Gasteiger partial charge on any atom is 0.219 e. The molecule has 0 atom stereocenters. The van der Waals surface area contributed by atoms with Crippen molar-refractivity contribution in [1.82, 2.24) is 9.97 Å². The SMILES string of the molecule is c1cncc(Oc2cc3c(ccc4ccccc43)cn2)c1. The first-order valence-corrected chi connectivity index (χ1v) is 6.75. The van der Waals surface area contributed by atoms with Crippen LogP contribution >= 0.6 is 0 Å². The van der Waals surface area contributed by atoms with Crippen LogP contribution in [0.5, 0.6) is 11.6 Å². The van der Waals surface area contributed by atoms with Crippen LogP contribution in [0.2, 0.25) is 0 Å². The van der Waals surface area contributed by atoms with E-state index in [9.17, 15) is 0 Å². The second kappa shape index (κ2) is 4.87. The molecule has 0 radical (unpaired) electrons. The molecule has 0 bridgehead atoms. The summed E-state index contributed by atoms with van der Waals surface area (Å²) in [5, 5.41) is 4.66. The van der Waals surface area contributed by atoms with Gasteiger partial charge in [0.25, 0.3) is 0 Å². The molecule has 2 aromatic heterocycles. The van der Waals surface area contributed by atoms with Gasteiger partial charge in [-0.05, 0) is 28.3 Å². The fourth-order valence-electron chi connectivity index (χ4n) is 2.46. The molecule has 0 aliphatic carbocycles. The average Bonchev–Trinajstić information content (AvgIpc) is 2.56. The summed E-state index contributed by atoms with van der Waals surface area (Å²) >= 11 is 0. The molecule has 100 valence electrons. The monoisotopic (exact) mass is 272 g/mol. The van der Waals surface area contributed by atoms with Gasteiger partial charge >= 0.3 is 0 Å². The van der Waals surface area contributed by atoms with Crippen molar-refractivity contribution in [2.75, 3.05) is 0 Å². The largest absolute Gasteiger partial charge is 0.437 e. The van der Waals surface area contributed by atoms with E-state index in [4.69, 9.17) is 4.74 Å². The van der Waals surface area contributed by atoms with Gasteiger partial charge in [0.2, 0.25) is 5.88 Å². The Kier molecular flexibility index (Phi) is 2.75. The first-order valence-electron chi connectivity index (χ1n) is 6.75. The molecule has 0 unspecified atom stereocenters. The van der Waals surface area contributed by atoms with Crippen LogP contribution in [0.15, 0.2) is 73.2 Å². The quantitative estimate of drug-likeness (QED) is 0.501. The van der Waals surface area contributed by atoms with Crippen LogP contribution in [0.25, 0.3) is 21.5 Å². The molecule has 0 aliphatic rings. The molecule has 2 heterocycles. The van der Waals surface area contributed by atoms with Crippen LogP contribution in [0.4, 0.5) is 0 Å². The van der Waals surface area contributed by atoms with Gasteiger partial charge in [-0.2, -0.15) is 0 Å². The van der Waals surface area contributed by atoms with Gasteiger partial charge in [-0.15, -0.1) is 0 Å². The Hall–Kier alpha value is -2.94. The van der Waals surface area contributed by atoms with Crippen molar-refractivity contribution in [2.24, 2.45) is 0 Å². The summed E-state index contributed by atoms with van der Waals surface area (Å²) in [4.78, 5) is 8.40. The lowest BCUT2D eigenvalue weighted by Gasteiger charge is -2.07. The molecule has 0 spiro atoms. The van der Waals surface area contributed by atoms with Crippen LogP contribution in [0, 0.1) is 0 Å². The Morgan fingerprint density at radius 2 is 1.67 bits per heavy atom. The van der Waals surface area contributed by atoms with Crippen LogP contribution in [-0.2, 0) is 0 Å². The van der Waals surface area contributed by atoms with Gasteiger partial charge in [0.1, 0.15) is 5.75 Å². The number of aromatic nitrogens is 2. The maximum atomic E-state index is 5.76. The maximum absolute atomic E-state index is 5.76. The standard InChI is InChI=1S/C18H12N2O/c1-2-6-16-13(4-1)7-8-14-11-20-18(10-17(14)16)21-15-5-3-9-19-12-15/h1-12H. The third kappa shape index (κ3) is 2.19. The van der Waals surface area contributed by atoms with E-state index in [1.807, 2.05) is 36.5 Å². The van der Waals surface area contributed by atoms with Crippen LogP contribution in [0.3, 0.4) is 0 Å². The zero-order valence-corrected chi connectivity index (χ0v) is 11.2. The highest BCUT2D eigenvalue weighted by Crippen LogP contribution is 2.28. The third-order valence-corrected chi connectivity index (χ3v) is 3.46. The van der Waals surface area contributed by atoms with Crippen LogP contribution in [-0.4, -0.2) is 9.97 Å². The van der Waals surface area contributed by atoms with Crippen molar-refractivity contribution in [3.63, 3.8) is 0 Å². The number of nitrogens with zero attached hydrogens (tertiary/aromatic N) is 2. The van der Waals surface area contributed by atoms with E-state index in [-0.39, 0.29) is 0 Å². The molecule has 0 N–H and O–H groups in total. The highest BCUT2D eigenvalue weighted by molar-refractivity contribution is 6.07. The predicted molar refractivity (Wildman–Crippen MR) is 83.6 cm³/mol. The molecule has 4 rings (SSSR count). The van der Waals surface area contributed by atoms with Gasteiger partial charge < -0.3 is 4.74 Å². The highest BCUT2D eigenvalue weighted by Gasteiger charge is 2.04. The van der Waals surface area contributed by atoms with Gasteiger partial charge in [-0.25, -0.2) is 4.98 Å².